The van der Waals surface area contributed by atoms with Gasteiger partial charge in [0.05, 0.1) is 18.2 Å². The Bertz CT molecular complexity index is 1480. The number of aryl methyl sites for hydroxylation is 2. The van der Waals surface area contributed by atoms with Gasteiger partial charge in [-0.2, -0.15) is 0 Å². The van der Waals surface area contributed by atoms with Crippen LogP contribution in [0.4, 0.5) is 5.69 Å². The van der Waals surface area contributed by atoms with Crippen molar-refractivity contribution in [3.8, 4) is 22.8 Å². The van der Waals surface area contributed by atoms with Crippen molar-refractivity contribution in [2.75, 3.05) is 19.0 Å². The third-order valence-electron chi connectivity index (χ3n) is 6.21. The number of carbonyl (C=O) groups excluding carboxylic acids is 1. The van der Waals surface area contributed by atoms with E-state index in [-0.39, 0.29) is 23.2 Å². The number of anilines is 1. The average molecular weight is 486 g/mol. The molecule has 0 bridgehead atoms. The zero-order chi connectivity index (χ0) is 26.0. The van der Waals surface area contributed by atoms with E-state index in [0.29, 0.717) is 33.7 Å². The highest BCUT2D eigenvalue weighted by Crippen LogP contribution is 2.33. The summed E-state index contributed by atoms with van der Waals surface area (Å²) in [6, 6.07) is 18.6. The number of rotatable bonds is 6. The Morgan fingerprint density at radius 2 is 1.64 bits per heavy atom. The molecule has 0 saturated heterocycles. The number of nitrogens with one attached hydrogen (secondary N) is 1. The summed E-state index contributed by atoms with van der Waals surface area (Å²) in [6.45, 7) is 9.95. The number of para-hydroxylation sites is 2. The highest BCUT2D eigenvalue weighted by molar-refractivity contribution is 5.93. The topological polar surface area (TPSA) is 77.8 Å². The number of hydrogen-bond donors (Lipinski definition) is 1. The Balaban J connectivity index is 1.73. The molecule has 6 heteroatoms. The summed E-state index contributed by atoms with van der Waals surface area (Å²) in [5.74, 6) is 0.403. The summed E-state index contributed by atoms with van der Waals surface area (Å²) in [5, 5.41) is 3.18. The van der Waals surface area contributed by atoms with E-state index in [1.54, 1.807) is 24.3 Å². The third-order valence-corrected chi connectivity index (χ3v) is 6.21. The summed E-state index contributed by atoms with van der Waals surface area (Å²) in [7, 11) is 1.53. The lowest BCUT2D eigenvalue weighted by atomic mass is 9.86. The van der Waals surface area contributed by atoms with Gasteiger partial charge in [-0.3, -0.25) is 9.59 Å². The van der Waals surface area contributed by atoms with E-state index in [1.807, 2.05) is 50.2 Å². The minimum Gasteiger partial charge on any atom is -0.495 e. The Hall–Kier alpha value is -4.06. The molecule has 3 aromatic carbocycles. The van der Waals surface area contributed by atoms with Gasteiger partial charge in [-0.15, -0.1) is 0 Å². The van der Waals surface area contributed by atoms with Crippen LogP contribution in [0.2, 0.25) is 0 Å². The lowest BCUT2D eigenvalue weighted by Gasteiger charge is -2.19. The molecule has 0 aliphatic carbocycles. The van der Waals surface area contributed by atoms with Crippen LogP contribution < -0.4 is 20.2 Å². The second-order valence-electron chi connectivity index (χ2n) is 9.89. The number of amides is 1. The van der Waals surface area contributed by atoms with Crippen molar-refractivity contribution in [2.24, 2.45) is 0 Å². The molecule has 0 fully saturated rings. The molecule has 0 atom stereocenters. The second kappa shape index (κ2) is 9.90. The average Bonchev–Trinajstić information content (AvgIpc) is 2.84. The number of carbonyl (C=O) groups is 1. The summed E-state index contributed by atoms with van der Waals surface area (Å²) in [4.78, 5) is 26.3. The first kappa shape index (κ1) is 25.0. The van der Waals surface area contributed by atoms with E-state index in [9.17, 15) is 9.59 Å². The quantitative estimate of drug-likeness (QED) is 0.342. The lowest BCUT2D eigenvalue weighted by molar-refractivity contribution is -0.118. The first-order chi connectivity index (χ1) is 17.1. The molecule has 1 heterocycles. The van der Waals surface area contributed by atoms with Crippen LogP contribution in [0.25, 0.3) is 22.3 Å². The molecule has 0 saturated carbocycles. The van der Waals surface area contributed by atoms with E-state index in [4.69, 9.17) is 13.9 Å². The molecule has 0 unspecified atom stereocenters. The molecule has 0 aliphatic rings. The monoisotopic (exact) mass is 485 g/mol. The largest absolute Gasteiger partial charge is 0.495 e. The lowest BCUT2D eigenvalue weighted by Crippen LogP contribution is -2.23. The fraction of sp³-hybridized carbons (Fsp3) is 0.267. The van der Waals surface area contributed by atoms with Crippen LogP contribution >= 0.6 is 0 Å². The van der Waals surface area contributed by atoms with Crippen molar-refractivity contribution in [1.82, 2.24) is 0 Å². The molecular weight excluding hydrogens is 454 g/mol. The molecule has 0 spiro atoms. The molecule has 0 radical (unpaired) electrons. The highest BCUT2D eigenvalue weighted by atomic mass is 16.5. The van der Waals surface area contributed by atoms with Crippen molar-refractivity contribution in [1.29, 1.82) is 0 Å². The molecule has 0 aliphatic heterocycles. The number of fused-ring (bicyclic) bond motifs is 1. The van der Waals surface area contributed by atoms with E-state index >= 15 is 0 Å². The Morgan fingerprint density at radius 3 is 2.31 bits per heavy atom. The normalized spacial score (nSPS) is 11.4. The minimum absolute atomic E-state index is 0.00411. The molecule has 186 valence electrons. The van der Waals surface area contributed by atoms with Gasteiger partial charge in [-0.05, 0) is 60.2 Å². The number of benzene rings is 3. The van der Waals surface area contributed by atoms with Crippen molar-refractivity contribution >= 4 is 22.6 Å². The summed E-state index contributed by atoms with van der Waals surface area (Å²) in [6.07, 6.45) is 0. The minimum atomic E-state index is -0.423. The van der Waals surface area contributed by atoms with Crippen LogP contribution in [0, 0.1) is 13.8 Å². The molecule has 4 rings (SSSR count). The van der Waals surface area contributed by atoms with Crippen LogP contribution in [-0.4, -0.2) is 19.6 Å². The maximum Gasteiger partial charge on any atom is 0.262 e. The van der Waals surface area contributed by atoms with Gasteiger partial charge >= 0.3 is 0 Å². The van der Waals surface area contributed by atoms with Crippen molar-refractivity contribution < 1.29 is 18.7 Å². The van der Waals surface area contributed by atoms with Gasteiger partial charge in [0, 0.05) is 5.56 Å². The second-order valence-corrected chi connectivity index (χ2v) is 9.89. The van der Waals surface area contributed by atoms with E-state index in [1.165, 1.54) is 7.11 Å². The van der Waals surface area contributed by atoms with E-state index in [2.05, 4.69) is 26.1 Å². The Labute approximate surface area is 210 Å². The molecular formula is C30H31NO5. The van der Waals surface area contributed by atoms with Gasteiger partial charge in [-0.25, -0.2) is 0 Å². The van der Waals surface area contributed by atoms with Gasteiger partial charge < -0.3 is 19.2 Å². The SMILES string of the molecule is COc1ccccc1NC(=O)COc1c(-c2ccc(C(C)(C)C)cc2)oc2cc(C)c(C)cc2c1=O. The van der Waals surface area contributed by atoms with E-state index < -0.39 is 5.91 Å². The fourth-order valence-electron chi connectivity index (χ4n) is 3.95. The Kier molecular flexibility index (Phi) is 6.88. The maximum atomic E-state index is 13.5. The number of ether oxygens (including phenoxy) is 2. The van der Waals surface area contributed by atoms with Gasteiger partial charge in [-0.1, -0.05) is 57.2 Å². The third kappa shape index (κ3) is 5.13. The predicted octanol–water partition coefficient (Wildman–Crippen LogP) is 6.40. The van der Waals surface area contributed by atoms with Gasteiger partial charge in [0.1, 0.15) is 11.3 Å². The van der Waals surface area contributed by atoms with Crippen LogP contribution in [-0.2, 0) is 10.2 Å². The van der Waals surface area contributed by atoms with Crippen LogP contribution in [0.1, 0.15) is 37.5 Å². The fourth-order valence-corrected chi connectivity index (χ4v) is 3.95. The summed E-state index contributed by atoms with van der Waals surface area (Å²) in [5.41, 5.74) is 4.49. The summed E-state index contributed by atoms with van der Waals surface area (Å²) < 4.78 is 17.4. The van der Waals surface area contributed by atoms with Gasteiger partial charge in [0.25, 0.3) is 5.91 Å². The van der Waals surface area contributed by atoms with Crippen molar-refractivity contribution in [3.63, 3.8) is 0 Å². The first-order valence-electron chi connectivity index (χ1n) is 11.8. The number of hydrogen-bond acceptors (Lipinski definition) is 5. The molecule has 1 amide bonds. The highest BCUT2D eigenvalue weighted by Gasteiger charge is 2.21. The zero-order valence-corrected chi connectivity index (χ0v) is 21.5. The van der Waals surface area contributed by atoms with Crippen LogP contribution in [0.3, 0.4) is 0 Å². The molecule has 1 N–H and O–H groups in total. The van der Waals surface area contributed by atoms with Crippen LogP contribution in [0.5, 0.6) is 11.5 Å². The maximum absolute atomic E-state index is 13.5. The smallest absolute Gasteiger partial charge is 0.262 e. The Morgan fingerprint density at radius 1 is 0.972 bits per heavy atom. The van der Waals surface area contributed by atoms with E-state index in [0.717, 1.165) is 16.7 Å². The van der Waals surface area contributed by atoms with Gasteiger partial charge in [0.2, 0.25) is 11.2 Å². The number of methoxy groups -OCH3 is 1. The molecule has 6 nitrogen and oxygen atoms in total. The first-order valence-corrected chi connectivity index (χ1v) is 11.8. The molecule has 1 aromatic heterocycles. The van der Waals surface area contributed by atoms with Crippen molar-refractivity contribution in [3.05, 3.63) is 87.6 Å². The molecule has 4 aromatic rings. The van der Waals surface area contributed by atoms with Crippen LogP contribution in [0.15, 0.2) is 69.9 Å². The zero-order valence-electron chi connectivity index (χ0n) is 21.5. The standard InChI is InChI=1S/C30H31NO5/c1-18-15-22-25(16-19(18)2)36-28(20-11-13-21(14-12-20)30(3,4)5)29(27(22)33)35-17-26(32)31-23-9-7-8-10-24(23)34-6/h7-16H,17H2,1-6H3,(H,31,32). The predicted molar refractivity (Wildman–Crippen MR) is 143 cm³/mol. The van der Waals surface area contributed by atoms with Crippen molar-refractivity contribution in [2.45, 2.75) is 40.0 Å². The summed E-state index contributed by atoms with van der Waals surface area (Å²) >= 11 is 0. The molecule has 36 heavy (non-hydrogen) atoms. The van der Waals surface area contributed by atoms with Gasteiger partial charge in [0.15, 0.2) is 12.4 Å².